The normalized spacial score (nSPS) is 12.7. The summed E-state index contributed by atoms with van der Waals surface area (Å²) in [5.41, 5.74) is 1.46. The molecule has 11 nitrogen and oxygen atoms in total. The summed E-state index contributed by atoms with van der Waals surface area (Å²) in [5, 5.41) is 6.23. The van der Waals surface area contributed by atoms with Crippen LogP contribution in [0.4, 0.5) is 4.79 Å². The molecule has 40 heavy (non-hydrogen) atoms. The van der Waals surface area contributed by atoms with Gasteiger partial charge < -0.3 is 34.6 Å². The molecule has 214 valence electrons. The molecule has 0 unspecified atom stereocenters. The number of carbonyl (C=O) groups excluding carboxylic acids is 4. The van der Waals surface area contributed by atoms with Gasteiger partial charge in [0.15, 0.2) is 11.5 Å². The maximum absolute atomic E-state index is 13.6. The Labute approximate surface area is 232 Å². The van der Waals surface area contributed by atoms with E-state index in [0.29, 0.717) is 11.3 Å². The number of carbonyl (C=O) groups is 4. The van der Waals surface area contributed by atoms with Crippen LogP contribution in [0.3, 0.4) is 0 Å². The minimum atomic E-state index is -1.11. The van der Waals surface area contributed by atoms with Crippen LogP contribution >= 0.6 is 0 Å². The highest BCUT2D eigenvalue weighted by molar-refractivity contribution is 5.91. The van der Waals surface area contributed by atoms with Crippen LogP contribution in [-0.2, 0) is 36.7 Å². The standard InChI is InChI=1S/C29H35N3O8/c1-17(33)39-25-14-18(11-12-24(25)37-5)13-23(27(35)38-6)31-26(34)22(32-28(36)40-29(2,3)4)15-19-16-30-21-10-8-7-9-20(19)21/h7-12,14,16,22-23,30H,13,15H2,1-6H3,(H,31,34)(H,32,36)/t22-,23-/m0/s1. The Morgan fingerprint density at radius 3 is 2.30 bits per heavy atom. The fourth-order valence-electron chi connectivity index (χ4n) is 4.11. The lowest BCUT2D eigenvalue weighted by Crippen LogP contribution is -2.53. The lowest BCUT2D eigenvalue weighted by Gasteiger charge is -2.25. The number of hydrogen-bond donors (Lipinski definition) is 3. The van der Waals surface area contributed by atoms with Crippen LogP contribution in [0.1, 0.15) is 38.8 Å². The molecule has 0 bridgehead atoms. The summed E-state index contributed by atoms with van der Waals surface area (Å²) in [6.45, 7) is 6.41. The van der Waals surface area contributed by atoms with Gasteiger partial charge in [-0.25, -0.2) is 9.59 Å². The molecule has 1 heterocycles. The van der Waals surface area contributed by atoms with Crippen molar-refractivity contribution in [2.75, 3.05) is 14.2 Å². The first-order valence-corrected chi connectivity index (χ1v) is 12.7. The maximum Gasteiger partial charge on any atom is 0.408 e. The lowest BCUT2D eigenvalue weighted by molar-refractivity contribution is -0.145. The zero-order valence-corrected chi connectivity index (χ0v) is 23.5. The van der Waals surface area contributed by atoms with E-state index in [1.54, 1.807) is 45.2 Å². The van der Waals surface area contributed by atoms with E-state index < -0.39 is 41.6 Å². The number of rotatable bonds is 10. The van der Waals surface area contributed by atoms with E-state index in [0.717, 1.165) is 16.5 Å². The molecular weight excluding hydrogens is 518 g/mol. The van der Waals surface area contributed by atoms with Gasteiger partial charge in [-0.2, -0.15) is 0 Å². The summed E-state index contributed by atoms with van der Waals surface area (Å²) in [7, 11) is 2.65. The monoisotopic (exact) mass is 553 g/mol. The SMILES string of the molecule is COC(=O)[C@H](Cc1ccc(OC)c(OC(C)=O)c1)NC(=O)[C@H](Cc1c[nH]c2ccccc12)NC(=O)OC(C)(C)C. The highest BCUT2D eigenvalue weighted by atomic mass is 16.6. The lowest BCUT2D eigenvalue weighted by atomic mass is 10.0. The number of aromatic amines is 1. The first-order chi connectivity index (χ1) is 18.9. The molecule has 11 heteroatoms. The summed E-state index contributed by atoms with van der Waals surface area (Å²) in [6, 6.07) is 10.2. The molecule has 2 atom stereocenters. The Balaban J connectivity index is 1.87. The topological polar surface area (TPSA) is 145 Å². The third-order valence-corrected chi connectivity index (χ3v) is 5.83. The molecule has 0 spiro atoms. The van der Waals surface area contributed by atoms with Crippen molar-refractivity contribution >= 4 is 34.8 Å². The molecule has 3 N–H and O–H groups in total. The van der Waals surface area contributed by atoms with Crippen LogP contribution in [-0.4, -0.2) is 60.8 Å². The van der Waals surface area contributed by atoms with Crippen LogP contribution in [0.5, 0.6) is 11.5 Å². The van der Waals surface area contributed by atoms with Crippen LogP contribution < -0.4 is 20.1 Å². The van der Waals surface area contributed by atoms with Gasteiger partial charge in [0.05, 0.1) is 14.2 Å². The number of benzene rings is 2. The molecule has 0 radical (unpaired) electrons. The molecule has 0 aliphatic heterocycles. The fraction of sp³-hybridized carbons (Fsp3) is 0.379. The minimum Gasteiger partial charge on any atom is -0.493 e. The molecule has 0 fully saturated rings. The Kier molecular flexibility index (Phi) is 9.76. The van der Waals surface area contributed by atoms with E-state index in [9.17, 15) is 19.2 Å². The molecule has 1 aromatic heterocycles. The molecule has 0 saturated heterocycles. The third kappa shape index (κ3) is 8.23. The van der Waals surface area contributed by atoms with Crippen molar-refractivity contribution in [3.05, 3.63) is 59.8 Å². The number of methoxy groups -OCH3 is 2. The van der Waals surface area contributed by atoms with Crippen molar-refractivity contribution in [1.29, 1.82) is 0 Å². The average Bonchev–Trinajstić information content (AvgIpc) is 3.29. The quantitative estimate of drug-likeness (QED) is 0.256. The predicted molar refractivity (Wildman–Crippen MR) is 147 cm³/mol. The van der Waals surface area contributed by atoms with Crippen molar-refractivity contribution in [2.24, 2.45) is 0 Å². The van der Waals surface area contributed by atoms with Gasteiger partial charge in [0.2, 0.25) is 5.91 Å². The van der Waals surface area contributed by atoms with Crippen LogP contribution in [0.15, 0.2) is 48.7 Å². The molecule has 0 saturated carbocycles. The second kappa shape index (κ2) is 13.0. The van der Waals surface area contributed by atoms with Gasteiger partial charge in [0.1, 0.15) is 17.7 Å². The molecular formula is C29H35N3O8. The van der Waals surface area contributed by atoms with Crippen LogP contribution in [0.2, 0.25) is 0 Å². The Morgan fingerprint density at radius 2 is 1.65 bits per heavy atom. The van der Waals surface area contributed by atoms with Crippen molar-refractivity contribution in [1.82, 2.24) is 15.6 Å². The first-order valence-electron chi connectivity index (χ1n) is 12.7. The number of para-hydroxylation sites is 1. The highest BCUT2D eigenvalue weighted by Crippen LogP contribution is 2.29. The van der Waals surface area contributed by atoms with Gasteiger partial charge in [-0.3, -0.25) is 9.59 Å². The molecule has 2 amide bonds. The second-order valence-corrected chi connectivity index (χ2v) is 10.1. The van der Waals surface area contributed by atoms with Crippen molar-refractivity contribution in [3.8, 4) is 11.5 Å². The Hall–Kier alpha value is -4.54. The van der Waals surface area contributed by atoms with Crippen LogP contribution in [0.25, 0.3) is 10.9 Å². The van der Waals surface area contributed by atoms with Crippen molar-refractivity contribution < 1.29 is 38.1 Å². The van der Waals surface area contributed by atoms with Gasteiger partial charge in [0, 0.05) is 36.9 Å². The number of nitrogens with one attached hydrogen (secondary N) is 3. The van der Waals surface area contributed by atoms with E-state index in [2.05, 4.69) is 15.6 Å². The molecule has 0 aliphatic carbocycles. The van der Waals surface area contributed by atoms with Gasteiger partial charge in [-0.1, -0.05) is 24.3 Å². The largest absolute Gasteiger partial charge is 0.493 e. The fourth-order valence-corrected chi connectivity index (χ4v) is 4.11. The van der Waals surface area contributed by atoms with E-state index in [1.165, 1.54) is 21.1 Å². The van der Waals surface area contributed by atoms with Crippen molar-refractivity contribution in [3.63, 3.8) is 0 Å². The second-order valence-electron chi connectivity index (χ2n) is 10.1. The van der Waals surface area contributed by atoms with Gasteiger partial charge >= 0.3 is 18.0 Å². The summed E-state index contributed by atoms with van der Waals surface area (Å²) < 4.78 is 20.8. The molecule has 2 aromatic carbocycles. The summed E-state index contributed by atoms with van der Waals surface area (Å²) in [4.78, 5) is 53.6. The minimum absolute atomic E-state index is 0.0168. The number of hydrogen-bond acceptors (Lipinski definition) is 8. The van der Waals surface area contributed by atoms with E-state index in [4.69, 9.17) is 18.9 Å². The summed E-state index contributed by atoms with van der Waals surface area (Å²) in [6.07, 6.45) is 1.14. The smallest absolute Gasteiger partial charge is 0.408 e. The zero-order valence-electron chi connectivity index (χ0n) is 23.5. The number of ether oxygens (including phenoxy) is 4. The Bertz CT molecular complexity index is 1380. The first kappa shape index (κ1) is 30.0. The maximum atomic E-state index is 13.6. The molecule has 3 rings (SSSR count). The summed E-state index contributed by atoms with van der Waals surface area (Å²) in [5.74, 6) is -1.34. The van der Waals surface area contributed by atoms with Crippen molar-refractivity contribution in [2.45, 2.75) is 58.2 Å². The van der Waals surface area contributed by atoms with E-state index >= 15 is 0 Å². The third-order valence-electron chi connectivity index (χ3n) is 5.83. The molecule has 0 aliphatic rings. The van der Waals surface area contributed by atoms with Gasteiger partial charge in [0.25, 0.3) is 0 Å². The number of aromatic nitrogens is 1. The predicted octanol–water partition coefficient (Wildman–Crippen LogP) is 3.44. The Morgan fingerprint density at radius 1 is 0.925 bits per heavy atom. The average molecular weight is 554 g/mol. The van der Waals surface area contributed by atoms with Gasteiger partial charge in [-0.05, 0) is 50.1 Å². The number of fused-ring (bicyclic) bond motifs is 1. The number of H-pyrrole nitrogens is 1. The number of esters is 2. The van der Waals surface area contributed by atoms with E-state index in [-0.39, 0.29) is 18.6 Å². The summed E-state index contributed by atoms with van der Waals surface area (Å²) >= 11 is 0. The highest BCUT2D eigenvalue weighted by Gasteiger charge is 2.30. The molecule has 3 aromatic rings. The van der Waals surface area contributed by atoms with Gasteiger partial charge in [-0.15, -0.1) is 0 Å². The van der Waals surface area contributed by atoms with E-state index in [1.807, 2.05) is 24.3 Å². The number of amides is 2. The van der Waals surface area contributed by atoms with Crippen LogP contribution in [0, 0.1) is 0 Å². The number of alkyl carbamates (subject to hydrolysis) is 1. The zero-order chi connectivity index (χ0) is 29.4.